The van der Waals surface area contributed by atoms with Crippen molar-refractivity contribution in [3.63, 3.8) is 0 Å². The molecule has 0 radical (unpaired) electrons. The molecular formula is C20H23ClN6O2S2. The Morgan fingerprint density at radius 2 is 1.94 bits per heavy atom. The number of nitrogens with zero attached hydrogens (tertiary/aromatic N) is 4. The average molecular weight is 479 g/mol. The van der Waals surface area contributed by atoms with Crippen LogP contribution < -0.4 is 10.6 Å². The topological polar surface area (TPSA) is 102 Å². The van der Waals surface area contributed by atoms with Gasteiger partial charge in [0.1, 0.15) is 0 Å². The van der Waals surface area contributed by atoms with Crippen LogP contribution in [0.4, 0.5) is 5.13 Å². The van der Waals surface area contributed by atoms with Crippen molar-refractivity contribution in [2.45, 2.75) is 51.2 Å². The molecule has 2 heterocycles. The highest BCUT2D eigenvalue weighted by atomic mass is 35.5. The Kier molecular flexibility index (Phi) is 7.69. The fourth-order valence-corrected chi connectivity index (χ4v) is 4.54. The van der Waals surface area contributed by atoms with Crippen LogP contribution in [-0.2, 0) is 17.9 Å². The Bertz CT molecular complexity index is 1060. The lowest BCUT2D eigenvalue weighted by molar-refractivity contribution is -0.115. The highest BCUT2D eigenvalue weighted by Crippen LogP contribution is 2.25. The molecule has 2 aromatic heterocycles. The predicted octanol–water partition coefficient (Wildman–Crippen LogP) is 4.07. The summed E-state index contributed by atoms with van der Waals surface area (Å²) in [5.74, 6) is 0.242. The number of hydrogen-bond acceptors (Lipinski definition) is 7. The molecule has 1 atom stereocenters. The standard InChI is InChI=1S/C20H23ClN6O2S2/c1-5-27-16(10-22-18(29)14-6-8-15(21)9-7-14)25-26-20(27)31-13(4)17(28)24-19-23-11(2)12(3)30-19/h6-9,13H,5,10H2,1-4H3,(H,22,29)(H,23,24,28). The van der Waals surface area contributed by atoms with Crippen LogP contribution in [0.15, 0.2) is 29.4 Å². The average Bonchev–Trinajstić information content (AvgIpc) is 3.27. The first-order valence-corrected chi connectivity index (χ1v) is 11.7. The molecule has 0 aliphatic carbocycles. The van der Waals surface area contributed by atoms with Crippen molar-refractivity contribution in [2.24, 2.45) is 0 Å². The summed E-state index contributed by atoms with van der Waals surface area (Å²) in [6, 6.07) is 6.66. The number of aryl methyl sites for hydroxylation is 2. The van der Waals surface area contributed by atoms with Crippen LogP contribution in [0.5, 0.6) is 0 Å². The van der Waals surface area contributed by atoms with E-state index < -0.39 is 5.25 Å². The van der Waals surface area contributed by atoms with Gasteiger partial charge in [0.05, 0.1) is 17.5 Å². The smallest absolute Gasteiger partial charge is 0.251 e. The Morgan fingerprint density at radius 1 is 1.23 bits per heavy atom. The van der Waals surface area contributed by atoms with E-state index in [1.165, 1.54) is 23.1 Å². The van der Waals surface area contributed by atoms with Crippen LogP contribution in [-0.4, -0.2) is 36.8 Å². The number of benzene rings is 1. The summed E-state index contributed by atoms with van der Waals surface area (Å²) >= 11 is 8.63. The number of thioether (sulfide) groups is 1. The van der Waals surface area contributed by atoms with Gasteiger partial charge in [-0.1, -0.05) is 23.4 Å². The second-order valence-electron chi connectivity index (χ2n) is 6.74. The Balaban J connectivity index is 1.61. The number of amides is 2. The molecule has 0 saturated carbocycles. The molecule has 11 heteroatoms. The van der Waals surface area contributed by atoms with E-state index in [9.17, 15) is 9.59 Å². The molecule has 1 unspecified atom stereocenters. The van der Waals surface area contributed by atoms with Crippen LogP contribution in [0, 0.1) is 13.8 Å². The molecule has 3 aromatic rings. The van der Waals surface area contributed by atoms with Gasteiger partial charge in [-0.2, -0.15) is 0 Å². The zero-order chi connectivity index (χ0) is 22.5. The number of anilines is 1. The number of carbonyl (C=O) groups excluding carboxylic acids is 2. The second-order valence-corrected chi connectivity index (χ2v) is 9.69. The molecule has 31 heavy (non-hydrogen) atoms. The van der Waals surface area contributed by atoms with Gasteiger partial charge in [-0.25, -0.2) is 4.98 Å². The van der Waals surface area contributed by atoms with Gasteiger partial charge < -0.3 is 15.2 Å². The molecule has 0 saturated heterocycles. The Hall–Kier alpha value is -2.43. The maximum atomic E-state index is 12.6. The molecule has 2 N–H and O–H groups in total. The summed E-state index contributed by atoms with van der Waals surface area (Å²) < 4.78 is 1.88. The van der Waals surface area contributed by atoms with Crippen molar-refractivity contribution >= 4 is 51.6 Å². The molecule has 8 nitrogen and oxygen atoms in total. The quantitative estimate of drug-likeness (QED) is 0.473. The van der Waals surface area contributed by atoms with Crippen molar-refractivity contribution in [2.75, 3.05) is 5.32 Å². The van der Waals surface area contributed by atoms with Gasteiger partial charge in [-0.05, 0) is 52.0 Å². The number of halogens is 1. The van der Waals surface area contributed by atoms with Crippen molar-refractivity contribution < 1.29 is 9.59 Å². The highest BCUT2D eigenvalue weighted by molar-refractivity contribution is 8.00. The first-order valence-electron chi connectivity index (χ1n) is 9.65. The molecule has 0 bridgehead atoms. The monoisotopic (exact) mass is 478 g/mol. The summed E-state index contributed by atoms with van der Waals surface area (Å²) in [7, 11) is 0. The normalized spacial score (nSPS) is 11.9. The first kappa shape index (κ1) is 23.2. The summed E-state index contributed by atoms with van der Waals surface area (Å²) in [6.45, 7) is 8.49. The number of nitrogens with one attached hydrogen (secondary N) is 2. The number of rotatable bonds is 8. The number of aromatic nitrogens is 4. The van der Waals surface area contributed by atoms with E-state index in [1.807, 2.05) is 32.3 Å². The molecule has 0 fully saturated rings. The molecule has 1 aromatic carbocycles. The molecular weight excluding hydrogens is 456 g/mol. The van der Waals surface area contributed by atoms with Gasteiger partial charge in [0.2, 0.25) is 5.91 Å². The number of hydrogen-bond donors (Lipinski definition) is 2. The summed E-state index contributed by atoms with van der Waals surface area (Å²) in [6.07, 6.45) is 0. The van der Waals surface area contributed by atoms with E-state index in [2.05, 4.69) is 25.8 Å². The molecule has 3 rings (SSSR count). The molecule has 0 spiro atoms. The highest BCUT2D eigenvalue weighted by Gasteiger charge is 2.21. The summed E-state index contributed by atoms with van der Waals surface area (Å²) in [5.41, 5.74) is 1.43. The Morgan fingerprint density at radius 3 is 2.55 bits per heavy atom. The summed E-state index contributed by atoms with van der Waals surface area (Å²) in [5, 5.41) is 15.5. The SMILES string of the molecule is CCn1c(CNC(=O)c2ccc(Cl)cc2)nnc1SC(C)C(=O)Nc1nc(C)c(C)s1. The minimum Gasteiger partial charge on any atom is -0.345 e. The van der Waals surface area contributed by atoms with Crippen LogP contribution in [0.3, 0.4) is 0 Å². The van der Waals surface area contributed by atoms with Crippen molar-refractivity contribution in [1.82, 2.24) is 25.1 Å². The van der Waals surface area contributed by atoms with Crippen molar-refractivity contribution in [1.29, 1.82) is 0 Å². The Labute approximate surface area is 193 Å². The van der Waals surface area contributed by atoms with E-state index in [4.69, 9.17) is 11.6 Å². The van der Waals surface area contributed by atoms with Crippen molar-refractivity contribution in [3.05, 3.63) is 51.2 Å². The second kappa shape index (κ2) is 10.3. The van der Waals surface area contributed by atoms with Crippen molar-refractivity contribution in [3.8, 4) is 0 Å². The van der Waals surface area contributed by atoms with Gasteiger partial charge in [-0.3, -0.25) is 9.59 Å². The van der Waals surface area contributed by atoms with E-state index in [1.54, 1.807) is 24.3 Å². The van der Waals surface area contributed by atoms with Gasteiger partial charge in [0, 0.05) is 22.0 Å². The van der Waals surface area contributed by atoms with Crippen LogP contribution in [0.25, 0.3) is 0 Å². The number of thiazole rings is 1. The third-order valence-corrected chi connectivity index (χ3v) is 6.85. The van der Waals surface area contributed by atoms with Gasteiger partial charge in [0.25, 0.3) is 5.91 Å². The van der Waals surface area contributed by atoms with Gasteiger partial charge >= 0.3 is 0 Å². The third kappa shape index (κ3) is 5.84. The maximum absolute atomic E-state index is 12.6. The first-order chi connectivity index (χ1) is 14.8. The fraction of sp³-hybridized carbons (Fsp3) is 0.350. The lowest BCUT2D eigenvalue weighted by Crippen LogP contribution is -2.25. The largest absolute Gasteiger partial charge is 0.345 e. The molecule has 2 amide bonds. The van der Waals surface area contributed by atoms with E-state index >= 15 is 0 Å². The molecule has 0 aliphatic heterocycles. The third-order valence-electron chi connectivity index (χ3n) is 4.53. The van der Waals surface area contributed by atoms with Crippen LogP contribution in [0.2, 0.25) is 5.02 Å². The van der Waals surface area contributed by atoms with Gasteiger partial charge in [-0.15, -0.1) is 21.5 Å². The molecule has 164 valence electrons. The summed E-state index contributed by atoms with van der Waals surface area (Å²) in [4.78, 5) is 30.3. The minimum atomic E-state index is -0.393. The van der Waals surface area contributed by atoms with Gasteiger partial charge in [0.15, 0.2) is 16.1 Å². The zero-order valence-corrected chi connectivity index (χ0v) is 20.0. The van der Waals surface area contributed by atoms with Crippen LogP contribution in [0.1, 0.15) is 40.6 Å². The fourth-order valence-electron chi connectivity index (χ4n) is 2.66. The van der Waals surface area contributed by atoms with Crippen LogP contribution >= 0.6 is 34.7 Å². The lowest BCUT2D eigenvalue weighted by Gasteiger charge is -2.12. The van der Waals surface area contributed by atoms with E-state index in [0.717, 1.165) is 10.6 Å². The zero-order valence-electron chi connectivity index (χ0n) is 17.6. The minimum absolute atomic E-state index is 0.151. The lowest BCUT2D eigenvalue weighted by atomic mass is 10.2. The number of carbonyl (C=O) groups is 2. The maximum Gasteiger partial charge on any atom is 0.251 e. The van der Waals surface area contributed by atoms with E-state index in [0.29, 0.717) is 33.2 Å². The predicted molar refractivity (Wildman–Crippen MR) is 124 cm³/mol. The van der Waals surface area contributed by atoms with E-state index in [-0.39, 0.29) is 18.4 Å². The molecule has 0 aliphatic rings.